The maximum atomic E-state index is 12.5. The lowest BCUT2D eigenvalue weighted by Gasteiger charge is -2.16. The highest BCUT2D eigenvalue weighted by Gasteiger charge is 2.18. The number of rotatable bonds is 7. The molecule has 2 amide bonds. The van der Waals surface area contributed by atoms with E-state index in [0.717, 1.165) is 0 Å². The predicted octanol–water partition coefficient (Wildman–Crippen LogP) is 2.49. The van der Waals surface area contributed by atoms with Crippen LogP contribution in [0.1, 0.15) is 16.1 Å². The third-order valence-electron chi connectivity index (χ3n) is 4.06. The molecule has 3 rings (SSSR count). The van der Waals surface area contributed by atoms with Crippen LogP contribution < -0.4 is 10.0 Å². The minimum Gasteiger partial charge on any atom is -0.360 e. The van der Waals surface area contributed by atoms with Crippen LogP contribution in [-0.4, -0.2) is 43.9 Å². The number of sulfonamides is 1. The molecular formula is C20H20N4O5S. The largest absolute Gasteiger partial charge is 0.360 e. The lowest BCUT2D eigenvalue weighted by molar-refractivity contribution is -0.116. The van der Waals surface area contributed by atoms with Gasteiger partial charge in [0.2, 0.25) is 5.91 Å². The Kier molecular flexibility index (Phi) is 6.17. The summed E-state index contributed by atoms with van der Waals surface area (Å²) in [6, 6.07) is 15.5. The Hall–Kier alpha value is -3.66. The highest BCUT2D eigenvalue weighted by atomic mass is 32.2. The van der Waals surface area contributed by atoms with Gasteiger partial charge in [-0.25, -0.2) is 8.42 Å². The van der Waals surface area contributed by atoms with Crippen molar-refractivity contribution in [3.8, 4) is 0 Å². The molecule has 1 aromatic heterocycles. The molecule has 0 radical (unpaired) electrons. The van der Waals surface area contributed by atoms with Crippen molar-refractivity contribution in [2.24, 2.45) is 0 Å². The summed E-state index contributed by atoms with van der Waals surface area (Å²) in [6.45, 7) is 1.48. The number of hydrogen-bond acceptors (Lipinski definition) is 6. The minimum absolute atomic E-state index is 0.0182. The topological polar surface area (TPSA) is 122 Å². The number of hydrogen-bond donors (Lipinski definition) is 2. The van der Waals surface area contributed by atoms with Crippen molar-refractivity contribution in [1.82, 2.24) is 10.1 Å². The van der Waals surface area contributed by atoms with Gasteiger partial charge < -0.3 is 14.7 Å². The molecule has 0 atom stereocenters. The quantitative estimate of drug-likeness (QED) is 0.596. The van der Waals surface area contributed by atoms with Gasteiger partial charge in [-0.2, -0.15) is 0 Å². The smallest absolute Gasteiger partial charge is 0.261 e. The summed E-state index contributed by atoms with van der Waals surface area (Å²) in [6.07, 6.45) is 0. The van der Waals surface area contributed by atoms with Crippen molar-refractivity contribution in [3.63, 3.8) is 0 Å². The van der Waals surface area contributed by atoms with E-state index in [2.05, 4.69) is 15.2 Å². The van der Waals surface area contributed by atoms with E-state index in [-0.39, 0.29) is 22.8 Å². The van der Waals surface area contributed by atoms with E-state index in [4.69, 9.17) is 4.52 Å². The predicted molar refractivity (Wildman–Crippen MR) is 111 cm³/mol. The molecule has 0 saturated heterocycles. The highest BCUT2D eigenvalue weighted by molar-refractivity contribution is 7.92. The molecule has 10 heteroatoms. The molecule has 0 saturated carbocycles. The molecule has 3 aromatic rings. The zero-order chi connectivity index (χ0) is 21.7. The number of aromatic nitrogens is 1. The van der Waals surface area contributed by atoms with Gasteiger partial charge in [-0.1, -0.05) is 23.4 Å². The van der Waals surface area contributed by atoms with E-state index in [0.29, 0.717) is 11.4 Å². The van der Waals surface area contributed by atoms with Crippen LogP contribution in [0, 0.1) is 6.92 Å². The van der Waals surface area contributed by atoms with Crippen LogP contribution in [0.25, 0.3) is 0 Å². The number of nitrogens with zero attached hydrogens (tertiary/aromatic N) is 2. The van der Waals surface area contributed by atoms with Gasteiger partial charge in [0.05, 0.1) is 11.4 Å². The van der Waals surface area contributed by atoms with Gasteiger partial charge >= 0.3 is 0 Å². The number of anilines is 2. The number of amides is 2. The van der Waals surface area contributed by atoms with Crippen molar-refractivity contribution in [1.29, 1.82) is 0 Å². The Bertz CT molecular complexity index is 1140. The summed E-state index contributed by atoms with van der Waals surface area (Å²) in [5.74, 6) is -0.0581. The molecule has 156 valence electrons. The number of carbonyl (C=O) groups excluding carboxylic acids is 2. The molecule has 0 unspecified atom stereocenters. The second-order valence-electron chi connectivity index (χ2n) is 6.53. The van der Waals surface area contributed by atoms with Gasteiger partial charge in [0.25, 0.3) is 15.9 Å². The van der Waals surface area contributed by atoms with Gasteiger partial charge in [-0.05, 0) is 43.3 Å². The molecular weight excluding hydrogens is 408 g/mol. The summed E-state index contributed by atoms with van der Waals surface area (Å²) in [5.41, 5.74) is 0.687. The zero-order valence-corrected chi connectivity index (χ0v) is 17.1. The number of benzene rings is 2. The Labute approximate surface area is 173 Å². The molecule has 0 bridgehead atoms. The van der Waals surface area contributed by atoms with Crippen LogP contribution in [0.4, 0.5) is 11.5 Å². The summed E-state index contributed by atoms with van der Waals surface area (Å²) in [7, 11) is -2.31. The van der Waals surface area contributed by atoms with Crippen LogP contribution in [-0.2, 0) is 14.8 Å². The number of likely N-dealkylation sites (N-methyl/N-ethyl adjacent to an activating group) is 1. The summed E-state index contributed by atoms with van der Waals surface area (Å²) < 4.78 is 32.3. The summed E-state index contributed by atoms with van der Waals surface area (Å²) in [5, 5.41) is 6.18. The monoisotopic (exact) mass is 428 g/mol. The fraction of sp³-hybridized carbons (Fsp3) is 0.150. The standard InChI is InChI=1S/C20H20N4O5S/c1-14-12-18(22-29-14)21-19(25)13-24(2)20(26)15-8-10-17(11-9-15)30(27,28)23-16-6-4-3-5-7-16/h3-12,23H,13H2,1-2H3,(H,21,22,25). The van der Waals surface area contributed by atoms with Gasteiger partial charge in [-0.15, -0.1) is 0 Å². The van der Waals surface area contributed by atoms with Gasteiger partial charge in [0, 0.05) is 24.4 Å². The summed E-state index contributed by atoms with van der Waals surface area (Å²) >= 11 is 0. The second-order valence-corrected chi connectivity index (χ2v) is 8.21. The van der Waals surface area contributed by atoms with Crippen molar-refractivity contribution >= 4 is 33.3 Å². The number of nitrogens with one attached hydrogen (secondary N) is 2. The van der Waals surface area contributed by atoms with Crippen molar-refractivity contribution in [2.75, 3.05) is 23.6 Å². The molecule has 9 nitrogen and oxygen atoms in total. The first kappa shape index (κ1) is 21.1. The first-order valence-electron chi connectivity index (χ1n) is 8.91. The second kappa shape index (κ2) is 8.78. The molecule has 0 aliphatic carbocycles. The van der Waals surface area contributed by atoms with Crippen LogP contribution in [0.2, 0.25) is 0 Å². The summed E-state index contributed by atoms with van der Waals surface area (Å²) in [4.78, 5) is 25.8. The molecule has 0 fully saturated rings. The fourth-order valence-corrected chi connectivity index (χ4v) is 3.67. The maximum absolute atomic E-state index is 12.5. The lowest BCUT2D eigenvalue weighted by Crippen LogP contribution is -2.35. The molecule has 1 heterocycles. The first-order valence-corrected chi connectivity index (χ1v) is 10.4. The normalized spacial score (nSPS) is 11.0. The Morgan fingerprint density at radius 2 is 1.73 bits per heavy atom. The van der Waals surface area contributed by atoms with Crippen LogP contribution in [0.15, 0.2) is 70.1 Å². The first-order chi connectivity index (χ1) is 14.2. The van der Waals surface area contributed by atoms with E-state index in [9.17, 15) is 18.0 Å². The van der Waals surface area contributed by atoms with E-state index >= 15 is 0 Å². The third kappa shape index (κ3) is 5.23. The number of para-hydroxylation sites is 1. The van der Waals surface area contributed by atoms with E-state index < -0.39 is 21.8 Å². The fourth-order valence-electron chi connectivity index (χ4n) is 2.61. The Morgan fingerprint density at radius 3 is 2.33 bits per heavy atom. The SMILES string of the molecule is Cc1cc(NC(=O)CN(C)C(=O)c2ccc(S(=O)(=O)Nc3ccccc3)cc2)no1. The zero-order valence-electron chi connectivity index (χ0n) is 16.3. The molecule has 0 aliphatic heterocycles. The molecule has 30 heavy (non-hydrogen) atoms. The van der Waals surface area contributed by atoms with Gasteiger partial charge in [0.15, 0.2) is 5.82 Å². The van der Waals surface area contributed by atoms with Crippen LogP contribution in [0.3, 0.4) is 0 Å². The van der Waals surface area contributed by atoms with Gasteiger partial charge in [0.1, 0.15) is 5.76 Å². The van der Waals surface area contributed by atoms with E-state index in [1.54, 1.807) is 43.3 Å². The average Bonchev–Trinajstić information content (AvgIpc) is 3.12. The van der Waals surface area contributed by atoms with Crippen molar-refractivity contribution in [3.05, 3.63) is 72.0 Å². The molecule has 0 aliphatic rings. The maximum Gasteiger partial charge on any atom is 0.261 e. The highest BCUT2D eigenvalue weighted by Crippen LogP contribution is 2.17. The number of aryl methyl sites for hydroxylation is 1. The number of carbonyl (C=O) groups is 2. The van der Waals surface area contributed by atoms with Gasteiger partial charge in [-0.3, -0.25) is 14.3 Å². The molecule has 2 N–H and O–H groups in total. The van der Waals surface area contributed by atoms with Crippen molar-refractivity contribution in [2.45, 2.75) is 11.8 Å². The Balaban J connectivity index is 1.63. The minimum atomic E-state index is -3.78. The van der Waals surface area contributed by atoms with E-state index in [1.807, 2.05) is 0 Å². The Morgan fingerprint density at radius 1 is 1.07 bits per heavy atom. The van der Waals surface area contributed by atoms with Crippen molar-refractivity contribution < 1.29 is 22.5 Å². The van der Waals surface area contributed by atoms with Crippen LogP contribution in [0.5, 0.6) is 0 Å². The molecule has 2 aromatic carbocycles. The van der Waals surface area contributed by atoms with E-state index in [1.165, 1.54) is 36.2 Å². The third-order valence-corrected chi connectivity index (χ3v) is 5.46. The molecule has 0 spiro atoms. The van der Waals surface area contributed by atoms with Crippen LogP contribution >= 0.6 is 0 Å². The average molecular weight is 428 g/mol. The lowest BCUT2D eigenvalue weighted by atomic mass is 10.2.